The number of hydrogen-bond donors (Lipinski definition) is 1. The standard InChI is InChI=1S/C12H11FN2O2/c1-7-5-8(3-4-9(7)13)10-6-11(15-14-10)12(16)17-2/h3-6H,1-2H3,(H,14,15). The minimum absolute atomic E-state index is 0.266. The number of methoxy groups -OCH3 is 1. The Balaban J connectivity index is 2.37. The van der Waals surface area contributed by atoms with Gasteiger partial charge in [0.15, 0.2) is 0 Å². The van der Waals surface area contributed by atoms with Crippen LogP contribution in [0.15, 0.2) is 24.3 Å². The van der Waals surface area contributed by atoms with Crippen LogP contribution in [0.4, 0.5) is 4.39 Å². The molecular weight excluding hydrogens is 223 g/mol. The summed E-state index contributed by atoms with van der Waals surface area (Å²) in [6, 6.07) is 6.22. The van der Waals surface area contributed by atoms with Crippen LogP contribution < -0.4 is 0 Å². The first-order chi connectivity index (χ1) is 8.11. The number of benzene rings is 1. The van der Waals surface area contributed by atoms with E-state index in [1.54, 1.807) is 25.1 Å². The van der Waals surface area contributed by atoms with E-state index in [9.17, 15) is 9.18 Å². The first-order valence-electron chi connectivity index (χ1n) is 5.02. The van der Waals surface area contributed by atoms with E-state index >= 15 is 0 Å². The first-order valence-corrected chi connectivity index (χ1v) is 5.02. The van der Waals surface area contributed by atoms with Crippen LogP contribution in [0, 0.1) is 12.7 Å². The Kier molecular flexibility index (Phi) is 2.91. The number of hydrogen-bond acceptors (Lipinski definition) is 3. The lowest BCUT2D eigenvalue weighted by Gasteiger charge is -1.99. The van der Waals surface area contributed by atoms with Gasteiger partial charge in [0.2, 0.25) is 0 Å². The van der Waals surface area contributed by atoms with Gasteiger partial charge in [-0.2, -0.15) is 5.10 Å². The van der Waals surface area contributed by atoms with Crippen molar-refractivity contribution >= 4 is 5.97 Å². The summed E-state index contributed by atoms with van der Waals surface area (Å²) in [5.74, 6) is -0.750. The van der Waals surface area contributed by atoms with E-state index in [-0.39, 0.29) is 11.5 Å². The molecule has 0 saturated carbocycles. The van der Waals surface area contributed by atoms with E-state index in [1.165, 1.54) is 13.2 Å². The second kappa shape index (κ2) is 4.37. The van der Waals surface area contributed by atoms with Crippen molar-refractivity contribution in [3.8, 4) is 11.3 Å². The van der Waals surface area contributed by atoms with Crippen LogP contribution in [-0.4, -0.2) is 23.3 Å². The highest BCUT2D eigenvalue weighted by Gasteiger charge is 2.11. The molecule has 1 aromatic heterocycles. The number of carbonyl (C=O) groups excluding carboxylic acids is 1. The molecule has 0 aliphatic rings. The SMILES string of the molecule is COC(=O)c1cc(-c2ccc(F)c(C)c2)n[nH]1. The van der Waals surface area contributed by atoms with Crippen LogP contribution in [0.2, 0.25) is 0 Å². The Hall–Kier alpha value is -2.17. The lowest BCUT2D eigenvalue weighted by atomic mass is 10.1. The predicted octanol–water partition coefficient (Wildman–Crippen LogP) is 2.31. The molecule has 0 spiro atoms. The van der Waals surface area contributed by atoms with Gasteiger partial charge in [-0.15, -0.1) is 0 Å². The fourth-order valence-corrected chi connectivity index (χ4v) is 1.49. The third-order valence-electron chi connectivity index (χ3n) is 2.44. The Morgan fingerprint density at radius 3 is 2.82 bits per heavy atom. The zero-order valence-corrected chi connectivity index (χ0v) is 9.45. The summed E-state index contributed by atoms with van der Waals surface area (Å²) in [7, 11) is 1.30. The Morgan fingerprint density at radius 2 is 2.18 bits per heavy atom. The van der Waals surface area contributed by atoms with Gasteiger partial charge in [-0.05, 0) is 36.8 Å². The second-order valence-corrected chi connectivity index (χ2v) is 3.62. The van der Waals surface area contributed by atoms with Gasteiger partial charge in [0.05, 0.1) is 12.8 Å². The fourth-order valence-electron chi connectivity index (χ4n) is 1.49. The molecule has 0 aliphatic heterocycles. The number of aromatic amines is 1. The molecule has 0 saturated heterocycles. The van der Waals surface area contributed by atoms with E-state index in [0.717, 1.165) is 5.56 Å². The van der Waals surface area contributed by atoms with Crippen LogP contribution in [0.1, 0.15) is 16.1 Å². The molecular formula is C12H11FN2O2. The molecule has 0 fully saturated rings. The van der Waals surface area contributed by atoms with Crippen LogP contribution in [-0.2, 0) is 4.74 Å². The largest absolute Gasteiger partial charge is 0.464 e. The van der Waals surface area contributed by atoms with Gasteiger partial charge >= 0.3 is 5.97 Å². The van der Waals surface area contributed by atoms with E-state index in [1.807, 2.05) is 0 Å². The van der Waals surface area contributed by atoms with Gasteiger partial charge in [-0.25, -0.2) is 9.18 Å². The lowest BCUT2D eigenvalue weighted by Crippen LogP contribution is -2.00. The fraction of sp³-hybridized carbons (Fsp3) is 0.167. The summed E-state index contributed by atoms with van der Waals surface area (Å²) in [6.45, 7) is 1.67. The molecule has 17 heavy (non-hydrogen) atoms. The Morgan fingerprint density at radius 1 is 1.41 bits per heavy atom. The maximum Gasteiger partial charge on any atom is 0.356 e. The normalized spacial score (nSPS) is 10.3. The molecule has 0 aliphatic carbocycles. The topological polar surface area (TPSA) is 55.0 Å². The smallest absolute Gasteiger partial charge is 0.356 e. The third-order valence-corrected chi connectivity index (χ3v) is 2.44. The molecule has 5 heteroatoms. The van der Waals surface area contributed by atoms with Crippen molar-refractivity contribution in [2.24, 2.45) is 0 Å². The maximum absolute atomic E-state index is 13.1. The minimum Gasteiger partial charge on any atom is -0.464 e. The van der Waals surface area contributed by atoms with Gasteiger partial charge in [-0.3, -0.25) is 5.10 Å². The highest BCUT2D eigenvalue weighted by molar-refractivity contribution is 5.88. The average Bonchev–Trinajstić information content (AvgIpc) is 2.81. The highest BCUT2D eigenvalue weighted by atomic mass is 19.1. The number of ether oxygens (including phenoxy) is 1. The number of halogens is 1. The van der Waals surface area contributed by atoms with E-state index < -0.39 is 5.97 Å². The summed E-state index contributed by atoms with van der Waals surface area (Å²) < 4.78 is 17.7. The van der Waals surface area contributed by atoms with Gasteiger partial charge in [0.25, 0.3) is 0 Å². The first kappa shape index (κ1) is 11.3. The monoisotopic (exact) mass is 234 g/mol. The number of carbonyl (C=O) groups is 1. The minimum atomic E-state index is -0.484. The van der Waals surface area contributed by atoms with Crippen molar-refractivity contribution in [3.05, 3.63) is 41.3 Å². The quantitative estimate of drug-likeness (QED) is 0.811. The number of nitrogens with one attached hydrogen (secondary N) is 1. The van der Waals surface area contributed by atoms with Crippen LogP contribution in [0.25, 0.3) is 11.3 Å². The van der Waals surface area contributed by atoms with Gasteiger partial charge in [0.1, 0.15) is 11.5 Å². The van der Waals surface area contributed by atoms with Crippen molar-refractivity contribution in [2.45, 2.75) is 6.92 Å². The highest BCUT2D eigenvalue weighted by Crippen LogP contribution is 2.20. The average molecular weight is 234 g/mol. The maximum atomic E-state index is 13.1. The number of H-pyrrole nitrogens is 1. The van der Waals surface area contributed by atoms with Crippen molar-refractivity contribution < 1.29 is 13.9 Å². The number of nitrogens with zero attached hydrogens (tertiary/aromatic N) is 1. The molecule has 1 N–H and O–H groups in total. The van der Waals surface area contributed by atoms with E-state index in [4.69, 9.17) is 0 Å². The molecule has 2 aromatic rings. The summed E-state index contributed by atoms with van der Waals surface area (Å²) in [4.78, 5) is 11.2. The molecule has 0 amide bonds. The molecule has 1 aromatic carbocycles. The van der Waals surface area contributed by atoms with Crippen molar-refractivity contribution in [2.75, 3.05) is 7.11 Å². The summed E-state index contributed by atoms with van der Waals surface area (Å²) in [5.41, 5.74) is 2.12. The molecule has 0 atom stereocenters. The zero-order chi connectivity index (χ0) is 12.4. The van der Waals surface area contributed by atoms with Crippen LogP contribution in [0.5, 0.6) is 0 Å². The summed E-state index contributed by atoms with van der Waals surface area (Å²) in [6.07, 6.45) is 0. The van der Waals surface area contributed by atoms with Crippen LogP contribution in [0.3, 0.4) is 0 Å². The second-order valence-electron chi connectivity index (χ2n) is 3.62. The van der Waals surface area contributed by atoms with E-state index in [2.05, 4.69) is 14.9 Å². The van der Waals surface area contributed by atoms with Gasteiger partial charge in [0, 0.05) is 5.56 Å². The van der Waals surface area contributed by atoms with E-state index in [0.29, 0.717) is 11.3 Å². The lowest BCUT2D eigenvalue weighted by molar-refractivity contribution is 0.0594. The molecule has 88 valence electrons. The Bertz CT molecular complexity index is 563. The number of esters is 1. The Labute approximate surface area is 97.4 Å². The summed E-state index contributed by atoms with van der Waals surface area (Å²) >= 11 is 0. The molecule has 4 nitrogen and oxygen atoms in total. The third kappa shape index (κ3) is 2.18. The number of aromatic nitrogens is 2. The predicted molar refractivity (Wildman–Crippen MR) is 60.1 cm³/mol. The van der Waals surface area contributed by atoms with Crippen molar-refractivity contribution in [1.29, 1.82) is 0 Å². The molecule has 1 heterocycles. The zero-order valence-electron chi connectivity index (χ0n) is 9.45. The molecule has 0 radical (unpaired) electrons. The van der Waals surface area contributed by atoms with Gasteiger partial charge in [-0.1, -0.05) is 0 Å². The molecule has 2 rings (SSSR count). The number of aryl methyl sites for hydroxylation is 1. The molecule has 0 unspecified atom stereocenters. The number of rotatable bonds is 2. The molecule has 0 bridgehead atoms. The van der Waals surface area contributed by atoms with Crippen molar-refractivity contribution in [3.63, 3.8) is 0 Å². The summed E-state index contributed by atoms with van der Waals surface area (Å²) in [5, 5.41) is 6.55. The van der Waals surface area contributed by atoms with Gasteiger partial charge < -0.3 is 4.74 Å². The van der Waals surface area contributed by atoms with Crippen molar-refractivity contribution in [1.82, 2.24) is 10.2 Å². The van der Waals surface area contributed by atoms with Crippen LogP contribution >= 0.6 is 0 Å².